The van der Waals surface area contributed by atoms with Crippen LogP contribution in [0.4, 0.5) is 10.8 Å². The van der Waals surface area contributed by atoms with Crippen molar-refractivity contribution in [2.45, 2.75) is 17.0 Å². The van der Waals surface area contributed by atoms with Gasteiger partial charge in [-0.1, -0.05) is 71.6 Å². The van der Waals surface area contributed by atoms with E-state index in [1.807, 2.05) is 48.5 Å². The molecule has 0 saturated carbocycles. The zero-order valence-corrected chi connectivity index (χ0v) is 15.7. The van der Waals surface area contributed by atoms with Gasteiger partial charge in [-0.15, -0.1) is 10.2 Å². The van der Waals surface area contributed by atoms with Gasteiger partial charge >= 0.3 is 0 Å². The molecule has 0 bridgehead atoms. The van der Waals surface area contributed by atoms with Crippen molar-refractivity contribution in [2.75, 3.05) is 5.32 Å². The van der Waals surface area contributed by atoms with Crippen molar-refractivity contribution >= 4 is 33.9 Å². The van der Waals surface area contributed by atoms with Crippen LogP contribution >= 0.6 is 23.1 Å². The number of aryl methyl sites for hydroxylation is 1. The van der Waals surface area contributed by atoms with E-state index in [-0.39, 0.29) is 0 Å². The van der Waals surface area contributed by atoms with Gasteiger partial charge in [0.05, 0.1) is 11.9 Å². The summed E-state index contributed by atoms with van der Waals surface area (Å²) in [6.45, 7) is 2.06. The van der Waals surface area contributed by atoms with Gasteiger partial charge in [0.1, 0.15) is 0 Å². The molecule has 1 N–H and O–H groups in total. The summed E-state index contributed by atoms with van der Waals surface area (Å²) in [7, 11) is 0. The molecule has 4 rings (SSSR count). The zero-order chi connectivity index (χ0) is 17.8. The first-order chi connectivity index (χ1) is 12.8. The number of benzene rings is 2. The Morgan fingerprint density at radius 1 is 1.04 bits per heavy atom. The quantitative estimate of drug-likeness (QED) is 0.443. The van der Waals surface area contributed by atoms with E-state index in [9.17, 15) is 0 Å². The molecule has 2 heterocycles. The summed E-state index contributed by atoms with van der Waals surface area (Å²) in [4.78, 5) is 4.35. The Hall–Kier alpha value is -2.64. The first-order valence-corrected chi connectivity index (χ1v) is 9.87. The van der Waals surface area contributed by atoms with Gasteiger partial charge in [-0.25, -0.2) is 4.98 Å². The number of rotatable bonds is 6. The third-order valence-electron chi connectivity index (χ3n) is 3.72. The Balaban J connectivity index is 1.38. The summed E-state index contributed by atoms with van der Waals surface area (Å²) >= 11 is 3.09. The predicted octanol–water partition coefficient (Wildman–Crippen LogP) is 5.54. The maximum atomic E-state index is 5.82. The Kier molecular flexibility index (Phi) is 4.99. The predicted molar refractivity (Wildman–Crippen MR) is 106 cm³/mol. The molecule has 130 valence electrons. The Labute approximate surface area is 159 Å². The van der Waals surface area contributed by atoms with Crippen molar-refractivity contribution < 1.29 is 4.42 Å². The molecule has 0 amide bonds. The molecule has 4 aromatic rings. The molecule has 0 aliphatic carbocycles. The van der Waals surface area contributed by atoms with Crippen LogP contribution in [0, 0.1) is 6.92 Å². The van der Waals surface area contributed by atoms with Crippen LogP contribution in [0.15, 0.2) is 69.6 Å². The average molecular weight is 380 g/mol. The van der Waals surface area contributed by atoms with Crippen LogP contribution in [0.2, 0.25) is 0 Å². The minimum atomic E-state index is 0.617. The van der Waals surface area contributed by atoms with Crippen molar-refractivity contribution in [1.29, 1.82) is 0 Å². The molecule has 0 unspecified atom stereocenters. The van der Waals surface area contributed by atoms with Gasteiger partial charge in [0.15, 0.2) is 10.1 Å². The Morgan fingerprint density at radius 2 is 1.85 bits per heavy atom. The molecule has 26 heavy (non-hydrogen) atoms. The largest absolute Gasteiger partial charge is 0.440 e. The van der Waals surface area contributed by atoms with Crippen LogP contribution in [0.25, 0.3) is 11.3 Å². The summed E-state index contributed by atoms with van der Waals surface area (Å²) < 4.78 is 6.69. The fourth-order valence-corrected chi connectivity index (χ4v) is 4.00. The third kappa shape index (κ3) is 3.95. The summed E-state index contributed by atoms with van der Waals surface area (Å²) in [5, 5.41) is 12.5. The minimum Gasteiger partial charge on any atom is -0.440 e. The van der Waals surface area contributed by atoms with Crippen LogP contribution < -0.4 is 5.32 Å². The first-order valence-electron chi connectivity index (χ1n) is 8.07. The summed E-state index contributed by atoms with van der Waals surface area (Å²) in [5.74, 6) is 2.07. The van der Waals surface area contributed by atoms with Crippen molar-refractivity contribution in [3.63, 3.8) is 0 Å². The first kappa shape index (κ1) is 16.8. The maximum absolute atomic E-state index is 5.82. The van der Waals surface area contributed by atoms with Gasteiger partial charge in [0.2, 0.25) is 11.0 Å². The molecule has 0 fully saturated rings. The van der Waals surface area contributed by atoms with Gasteiger partial charge in [-0.3, -0.25) is 0 Å². The third-order valence-corrected chi connectivity index (χ3v) is 5.68. The summed E-state index contributed by atoms with van der Waals surface area (Å²) in [5.41, 5.74) is 3.24. The lowest BCUT2D eigenvalue weighted by Gasteiger charge is -2.04. The number of anilines is 2. The van der Waals surface area contributed by atoms with Crippen molar-refractivity contribution in [2.24, 2.45) is 0 Å². The number of hydrogen-bond donors (Lipinski definition) is 1. The molecular formula is C19H16N4OS2. The smallest absolute Gasteiger partial charge is 0.210 e. The Bertz CT molecular complexity index is 997. The van der Waals surface area contributed by atoms with Crippen LogP contribution in [0.3, 0.4) is 0 Å². The van der Waals surface area contributed by atoms with Gasteiger partial charge in [-0.05, 0) is 18.6 Å². The highest BCUT2D eigenvalue weighted by molar-refractivity contribution is 8.00. The van der Waals surface area contributed by atoms with E-state index in [0.717, 1.165) is 26.5 Å². The molecular weight excluding hydrogens is 364 g/mol. The monoisotopic (exact) mass is 380 g/mol. The topological polar surface area (TPSA) is 63.8 Å². The van der Waals surface area contributed by atoms with E-state index < -0.39 is 0 Å². The molecule has 5 nitrogen and oxygen atoms in total. The minimum absolute atomic E-state index is 0.617. The number of oxazole rings is 1. The van der Waals surface area contributed by atoms with E-state index in [1.165, 1.54) is 16.9 Å². The molecule has 0 spiro atoms. The lowest BCUT2D eigenvalue weighted by molar-refractivity contribution is 0.530. The highest BCUT2D eigenvalue weighted by atomic mass is 32.2. The van der Waals surface area contributed by atoms with Crippen LogP contribution in [-0.2, 0) is 5.75 Å². The lowest BCUT2D eigenvalue weighted by atomic mass is 10.2. The maximum Gasteiger partial charge on any atom is 0.210 e. The average Bonchev–Trinajstić information content (AvgIpc) is 3.32. The van der Waals surface area contributed by atoms with E-state index in [2.05, 4.69) is 33.5 Å². The van der Waals surface area contributed by atoms with Gasteiger partial charge in [-0.2, -0.15) is 0 Å². The van der Waals surface area contributed by atoms with Gasteiger partial charge < -0.3 is 9.73 Å². The number of para-hydroxylation sites is 1. The van der Waals surface area contributed by atoms with E-state index in [1.54, 1.807) is 18.0 Å². The highest BCUT2D eigenvalue weighted by Gasteiger charge is 2.10. The number of hydrogen-bond acceptors (Lipinski definition) is 7. The summed E-state index contributed by atoms with van der Waals surface area (Å²) in [6.07, 6.45) is 1.76. The van der Waals surface area contributed by atoms with E-state index in [0.29, 0.717) is 11.6 Å². The second kappa shape index (κ2) is 7.72. The van der Waals surface area contributed by atoms with Crippen LogP contribution in [0.1, 0.15) is 11.5 Å². The number of thioether (sulfide) groups is 1. The SMILES string of the molecule is Cc1ccccc1Nc1nnc(SCc2ncc(-c3ccccc3)o2)s1. The molecule has 0 saturated heterocycles. The number of nitrogens with zero attached hydrogens (tertiary/aromatic N) is 3. The zero-order valence-electron chi connectivity index (χ0n) is 14.0. The molecule has 0 aliphatic heterocycles. The molecule has 7 heteroatoms. The normalized spacial score (nSPS) is 10.8. The summed E-state index contributed by atoms with van der Waals surface area (Å²) in [6, 6.07) is 18.1. The molecule has 0 radical (unpaired) electrons. The lowest BCUT2D eigenvalue weighted by Crippen LogP contribution is -1.91. The van der Waals surface area contributed by atoms with Gasteiger partial charge in [0, 0.05) is 11.3 Å². The fraction of sp³-hybridized carbons (Fsp3) is 0.105. The molecule has 2 aromatic heterocycles. The number of nitrogens with one attached hydrogen (secondary N) is 1. The molecule has 0 aliphatic rings. The van der Waals surface area contributed by atoms with Crippen LogP contribution in [-0.4, -0.2) is 15.2 Å². The van der Waals surface area contributed by atoms with Crippen molar-refractivity contribution in [1.82, 2.24) is 15.2 Å². The second-order valence-corrected chi connectivity index (χ2v) is 7.79. The highest BCUT2D eigenvalue weighted by Crippen LogP contribution is 2.31. The van der Waals surface area contributed by atoms with Crippen molar-refractivity contribution in [3.8, 4) is 11.3 Å². The molecule has 2 aromatic carbocycles. The van der Waals surface area contributed by atoms with Crippen molar-refractivity contribution in [3.05, 3.63) is 72.2 Å². The van der Waals surface area contributed by atoms with Gasteiger partial charge in [0.25, 0.3) is 0 Å². The molecule has 0 atom stereocenters. The van der Waals surface area contributed by atoms with Crippen LogP contribution in [0.5, 0.6) is 0 Å². The Morgan fingerprint density at radius 3 is 2.69 bits per heavy atom. The standard InChI is InChI=1S/C19H16N4OS2/c1-13-7-5-6-10-15(13)21-18-22-23-19(26-18)25-12-17-20-11-16(24-17)14-8-3-2-4-9-14/h2-11H,12H2,1H3,(H,21,22). The van der Waals surface area contributed by atoms with E-state index in [4.69, 9.17) is 4.42 Å². The fourth-order valence-electron chi connectivity index (χ4n) is 2.38. The van der Waals surface area contributed by atoms with E-state index >= 15 is 0 Å². The number of aromatic nitrogens is 3. The second-order valence-electron chi connectivity index (χ2n) is 5.59.